The summed E-state index contributed by atoms with van der Waals surface area (Å²) in [6.45, 7) is 4.93. The maximum absolute atomic E-state index is 10.9. The fourth-order valence-corrected chi connectivity index (χ4v) is 1.71. The third-order valence-electron chi connectivity index (χ3n) is 2.73. The van der Waals surface area contributed by atoms with E-state index in [1.165, 1.54) is 32.4 Å². The van der Waals surface area contributed by atoms with Crippen LogP contribution in [0.5, 0.6) is 0 Å². The number of piperidine rings is 1. The first-order valence-corrected chi connectivity index (χ1v) is 5.18. The van der Waals surface area contributed by atoms with Gasteiger partial charge in [0, 0.05) is 6.54 Å². The maximum atomic E-state index is 10.9. The van der Waals surface area contributed by atoms with Gasteiger partial charge in [-0.15, -0.1) is 0 Å². The van der Waals surface area contributed by atoms with Crippen molar-refractivity contribution in [1.29, 1.82) is 0 Å². The molecule has 1 heterocycles. The summed E-state index contributed by atoms with van der Waals surface area (Å²) in [5.41, 5.74) is 5.66. The molecule has 1 atom stereocenters. The molecule has 0 radical (unpaired) electrons. The number of carbonyl (C=O) groups excluding carboxylic acids is 1. The lowest BCUT2D eigenvalue weighted by Crippen LogP contribution is -2.36. The van der Waals surface area contributed by atoms with Gasteiger partial charge in [-0.2, -0.15) is 0 Å². The third kappa shape index (κ3) is 3.87. The average Bonchev–Trinajstić information content (AvgIpc) is 2.15. The highest BCUT2D eigenvalue weighted by molar-refractivity contribution is 5.81. The third-order valence-corrected chi connectivity index (χ3v) is 2.73. The van der Waals surface area contributed by atoms with Crippen LogP contribution in [0.4, 0.5) is 0 Å². The quantitative estimate of drug-likeness (QED) is 0.702. The van der Waals surface area contributed by atoms with Crippen molar-refractivity contribution < 1.29 is 4.79 Å². The van der Waals surface area contributed by atoms with E-state index in [4.69, 9.17) is 5.73 Å². The molecular formula is C10H20N2O. The van der Waals surface area contributed by atoms with Crippen LogP contribution in [0.1, 0.15) is 32.6 Å². The van der Waals surface area contributed by atoms with E-state index in [1.807, 2.05) is 0 Å². The predicted molar refractivity (Wildman–Crippen MR) is 53.6 cm³/mol. The first-order valence-electron chi connectivity index (χ1n) is 5.18. The summed E-state index contributed by atoms with van der Waals surface area (Å²) in [6, 6.07) is -0.248. The highest BCUT2D eigenvalue weighted by atomic mass is 16.1. The first-order chi connectivity index (χ1) is 6.20. The molecule has 1 aliphatic heterocycles. The van der Waals surface area contributed by atoms with Crippen LogP contribution >= 0.6 is 0 Å². The Bertz CT molecular complexity index is 164. The lowest BCUT2D eigenvalue weighted by molar-refractivity contribution is -0.118. The fourth-order valence-electron chi connectivity index (χ4n) is 1.71. The number of carbonyl (C=O) groups is 1. The van der Waals surface area contributed by atoms with Crippen molar-refractivity contribution in [1.82, 2.24) is 4.90 Å². The van der Waals surface area contributed by atoms with Gasteiger partial charge in [0.1, 0.15) is 5.78 Å². The standard InChI is InChI=1S/C10H20N2O/c1-9(13)10(11)5-8-12-6-3-2-4-7-12/h10H,2-8,11H2,1H3. The van der Waals surface area contributed by atoms with Crippen molar-refractivity contribution in [2.75, 3.05) is 19.6 Å². The maximum Gasteiger partial charge on any atom is 0.146 e. The number of Topliss-reactive ketones (excluding diaryl/α,β-unsaturated/α-hetero) is 1. The second-order valence-corrected chi connectivity index (χ2v) is 3.91. The molecule has 0 saturated carbocycles. The summed E-state index contributed by atoms with van der Waals surface area (Å²) in [6.07, 6.45) is 4.77. The van der Waals surface area contributed by atoms with E-state index in [1.54, 1.807) is 6.92 Å². The average molecular weight is 184 g/mol. The van der Waals surface area contributed by atoms with E-state index < -0.39 is 0 Å². The van der Waals surface area contributed by atoms with Crippen LogP contribution in [0.25, 0.3) is 0 Å². The fraction of sp³-hybridized carbons (Fsp3) is 0.900. The van der Waals surface area contributed by atoms with E-state index in [9.17, 15) is 4.79 Å². The molecule has 0 aromatic heterocycles. The second-order valence-electron chi connectivity index (χ2n) is 3.91. The van der Waals surface area contributed by atoms with E-state index in [0.717, 1.165) is 13.0 Å². The molecule has 3 nitrogen and oxygen atoms in total. The molecular weight excluding hydrogens is 164 g/mol. The molecule has 2 N–H and O–H groups in total. The molecule has 13 heavy (non-hydrogen) atoms. The number of likely N-dealkylation sites (tertiary alicyclic amines) is 1. The summed E-state index contributed by atoms with van der Waals surface area (Å²) in [4.78, 5) is 13.3. The minimum atomic E-state index is -0.248. The smallest absolute Gasteiger partial charge is 0.146 e. The molecule has 0 spiro atoms. The van der Waals surface area contributed by atoms with E-state index >= 15 is 0 Å². The van der Waals surface area contributed by atoms with Crippen LogP contribution in [0.2, 0.25) is 0 Å². The number of hydrogen-bond acceptors (Lipinski definition) is 3. The van der Waals surface area contributed by atoms with Crippen LogP contribution in [0, 0.1) is 0 Å². The number of nitrogens with zero attached hydrogens (tertiary/aromatic N) is 1. The van der Waals surface area contributed by atoms with Crippen LogP contribution in [0.15, 0.2) is 0 Å². The van der Waals surface area contributed by atoms with E-state index in [0.29, 0.717) is 0 Å². The zero-order valence-corrected chi connectivity index (χ0v) is 8.46. The molecule has 0 aliphatic carbocycles. The Morgan fingerprint density at radius 1 is 1.38 bits per heavy atom. The lowest BCUT2D eigenvalue weighted by Gasteiger charge is -2.26. The summed E-state index contributed by atoms with van der Waals surface area (Å²) < 4.78 is 0. The summed E-state index contributed by atoms with van der Waals surface area (Å²) >= 11 is 0. The number of hydrogen-bond donors (Lipinski definition) is 1. The van der Waals surface area contributed by atoms with Crippen molar-refractivity contribution in [3.63, 3.8) is 0 Å². The van der Waals surface area contributed by atoms with Gasteiger partial charge in [0.25, 0.3) is 0 Å². The molecule has 1 saturated heterocycles. The van der Waals surface area contributed by atoms with Gasteiger partial charge >= 0.3 is 0 Å². The Balaban J connectivity index is 2.13. The van der Waals surface area contributed by atoms with Gasteiger partial charge < -0.3 is 10.6 Å². The summed E-state index contributed by atoms with van der Waals surface area (Å²) in [7, 11) is 0. The molecule has 1 rings (SSSR count). The molecule has 1 aliphatic rings. The van der Waals surface area contributed by atoms with Crippen LogP contribution in [-0.2, 0) is 4.79 Å². The molecule has 3 heteroatoms. The SMILES string of the molecule is CC(=O)C(N)CCN1CCCCC1. The van der Waals surface area contributed by atoms with Crippen LogP contribution in [0.3, 0.4) is 0 Å². The summed E-state index contributed by atoms with van der Waals surface area (Å²) in [5.74, 6) is 0.108. The Labute approximate surface area is 80.3 Å². The van der Waals surface area contributed by atoms with Crippen LogP contribution in [-0.4, -0.2) is 36.4 Å². The molecule has 0 aromatic rings. The van der Waals surface area contributed by atoms with Crippen LogP contribution < -0.4 is 5.73 Å². The normalized spacial score (nSPS) is 21.4. The number of nitrogens with two attached hydrogens (primary N) is 1. The van der Waals surface area contributed by atoms with E-state index in [2.05, 4.69) is 4.90 Å². The van der Waals surface area contributed by atoms with Gasteiger partial charge in [-0.1, -0.05) is 6.42 Å². The van der Waals surface area contributed by atoms with Crippen molar-refractivity contribution in [2.24, 2.45) is 5.73 Å². The second kappa shape index (κ2) is 5.35. The Morgan fingerprint density at radius 3 is 2.54 bits per heavy atom. The molecule has 0 aromatic carbocycles. The minimum Gasteiger partial charge on any atom is -0.321 e. The van der Waals surface area contributed by atoms with Gasteiger partial charge in [0.05, 0.1) is 6.04 Å². The molecule has 1 fully saturated rings. The van der Waals surface area contributed by atoms with Gasteiger partial charge in [0.15, 0.2) is 0 Å². The highest BCUT2D eigenvalue weighted by Crippen LogP contribution is 2.09. The lowest BCUT2D eigenvalue weighted by atomic mass is 10.1. The Morgan fingerprint density at radius 2 is 2.00 bits per heavy atom. The summed E-state index contributed by atoms with van der Waals surface area (Å²) in [5, 5.41) is 0. The van der Waals surface area contributed by atoms with Gasteiger partial charge in [-0.05, 0) is 39.3 Å². The van der Waals surface area contributed by atoms with Crippen molar-refractivity contribution in [3.8, 4) is 0 Å². The van der Waals surface area contributed by atoms with E-state index in [-0.39, 0.29) is 11.8 Å². The predicted octanol–water partition coefficient (Wildman–Crippen LogP) is 0.779. The van der Waals surface area contributed by atoms with Crippen molar-refractivity contribution in [2.45, 2.75) is 38.6 Å². The minimum absolute atomic E-state index is 0.108. The molecule has 76 valence electrons. The zero-order chi connectivity index (χ0) is 9.68. The number of ketones is 1. The Kier molecular flexibility index (Phi) is 4.39. The Hall–Kier alpha value is -0.410. The number of rotatable bonds is 4. The molecule has 1 unspecified atom stereocenters. The van der Waals surface area contributed by atoms with Crippen molar-refractivity contribution in [3.05, 3.63) is 0 Å². The zero-order valence-electron chi connectivity index (χ0n) is 8.46. The van der Waals surface area contributed by atoms with Gasteiger partial charge in [-0.3, -0.25) is 4.79 Å². The van der Waals surface area contributed by atoms with Crippen molar-refractivity contribution >= 4 is 5.78 Å². The molecule has 0 amide bonds. The monoisotopic (exact) mass is 184 g/mol. The first kappa shape index (κ1) is 10.7. The topological polar surface area (TPSA) is 46.3 Å². The highest BCUT2D eigenvalue weighted by Gasteiger charge is 2.13. The molecule has 0 bridgehead atoms. The van der Waals surface area contributed by atoms with Gasteiger partial charge in [0.2, 0.25) is 0 Å². The largest absolute Gasteiger partial charge is 0.321 e. The van der Waals surface area contributed by atoms with Gasteiger partial charge in [-0.25, -0.2) is 0 Å².